The monoisotopic (exact) mass is 379 g/mol. The minimum atomic E-state index is -0.682. The van der Waals surface area contributed by atoms with Crippen LogP contribution in [0, 0.1) is 5.82 Å². The van der Waals surface area contributed by atoms with E-state index in [-0.39, 0.29) is 11.3 Å². The Labute approximate surface area is 161 Å². The molecule has 0 saturated heterocycles. The third kappa shape index (κ3) is 5.41. The Morgan fingerprint density at radius 3 is 2.43 bits per heavy atom. The maximum atomic E-state index is 13.1. The Hall–Kier alpha value is -3.67. The predicted octanol–water partition coefficient (Wildman–Crippen LogP) is 4.20. The van der Waals surface area contributed by atoms with Crippen LogP contribution >= 0.6 is 0 Å². The lowest BCUT2D eigenvalue weighted by atomic mass is 10.2. The highest BCUT2D eigenvalue weighted by Gasteiger charge is 2.15. The molecule has 0 radical (unpaired) electrons. The molecule has 142 valence electrons. The molecule has 0 fully saturated rings. The molecule has 3 rings (SSSR count). The largest absolute Gasteiger partial charge is 0.488 e. The first-order valence-electron chi connectivity index (χ1n) is 8.60. The molecular formula is C22H18FNO4. The summed E-state index contributed by atoms with van der Waals surface area (Å²) in [6.45, 7) is -0.201. The minimum Gasteiger partial charge on any atom is -0.488 e. The van der Waals surface area contributed by atoms with Gasteiger partial charge in [0.15, 0.2) is 6.61 Å². The zero-order chi connectivity index (χ0) is 19.8. The van der Waals surface area contributed by atoms with Crippen molar-refractivity contribution in [3.8, 4) is 5.75 Å². The summed E-state index contributed by atoms with van der Waals surface area (Å²) in [5, 5.41) is 2.46. The third-order valence-corrected chi connectivity index (χ3v) is 3.79. The van der Waals surface area contributed by atoms with E-state index in [0.717, 1.165) is 5.56 Å². The van der Waals surface area contributed by atoms with E-state index < -0.39 is 24.3 Å². The molecule has 0 aliphatic heterocycles. The Balaban J connectivity index is 1.57. The molecule has 3 aromatic carbocycles. The van der Waals surface area contributed by atoms with Gasteiger partial charge in [0.05, 0.1) is 0 Å². The van der Waals surface area contributed by atoms with Crippen molar-refractivity contribution in [2.45, 2.75) is 6.61 Å². The van der Waals surface area contributed by atoms with Crippen LogP contribution in [0.15, 0.2) is 78.9 Å². The highest BCUT2D eigenvalue weighted by atomic mass is 19.1. The smallest absolute Gasteiger partial charge is 0.342 e. The van der Waals surface area contributed by atoms with Gasteiger partial charge >= 0.3 is 5.97 Å². The first-order valence-corrected chi connectivity index (χ1v) is 8.60. The first kappa shape index (κ1) is 19.1. The Bertz CT molecular complexity index is 960. The molecule has 3 aromatic rings. The maximum Gasteiger partial charge on any atom is 0.342 e. The molecule has 0 unspecified atom stereocenters. The van der Waals surface area contributed by atoms with E-state index in [1.54, 1.807) is 24.3 Å². The summed E-state index contributed by atoms with van der Waals surface area (Å²) >= 11 is 0. The average molecular weight is 379 g/mol. The van der Waals surface area contributed by atoms with Gasteiger partial charge < -0.3 is 14.8 Å². The fourth-order valence-electron chi connectivity index (χ4n) is 2.47. The predicted molar refractivity (Wildman–Crippen MR) is 103 cm³/mol. The topological polar surface area (TPSA) is 64.6 Å². The molecule has 0 aromatic heterocycles. The second kappa shape index (κ2) is 9.32. The summed E-state index contributed by atoms with van der Waals surface area (Å²) < 4.78 is 23.9. The molecule has 1 amide bonds. The van der Waals surface area contributed by atoms with Gasteiger partial charge in [0.1, 0.15) is 23.7 Å². The van der Waals surface area contributed by atoms with Crippen molar-refractivity contribution in [2.75, 3.05) is 11.9 Å². The van der Waals surface area contributed by atoms with Gasteiger partial charge in [-0.2, -0.15) is 0 Å². The van der Waals surface area contributed by atoms with E-state index in [2.05, 4.69) is 5.32 Å². The molecule has 28 heavy (non-hydrogen) atoms. The fraction of sp³-hybridized carbons (Fsp3) is 0.0909. The van der Waals surface area contributed by atoms with Gasteiger partial charge in [-0.25, -0.2) is 9.18 Å². The number of carbonyl (C=O) groups is 2. The van der Waals surface area contributed by atoms with E-state index in [1.165, 1.54) is 24.3 Å². The van der Waals surface area contributed by atoms with E-state index in [9.17, 15) is 14.0 Å². The molecule has 1 N–H and O–H groups in total. The number of ether oxygens (including phenoxy) is 2. The number of hydrogen-bond acceptors (Lipinski definition) is 4. The van der Waals surface area contributed by atoms with Crippen molar-refractivity contribution in [1.82, 2.24) is 0 Å². The van der Waals surface area contributed by atoms with Crippen LogP contribution in [0.5, 0.6) is 5.75 Å². The number of halogens is 1. The molecule has 0 bridgehead atoms. The number of carbonyl (C=O) groups excluding carboxylic acids is 2. The van der Waals surface area contributed by atoms with Gasteiger partial charge in [-0.05, 0) is 35.9 Å². The van der Waals surface area contributed by atoms with Crippen molar-refractivity contribution >= 4 is 17.6 Å². The summed E-state index contributed by atoms with van der Waals surface area (Å²) in [6, 6.07) is 21.6. The Kier molecular flexibility index (Phi) is 6.36. The van der Waals surface area contributed by atoms with Crippen LogP contribution in [-0.2, 0) is 16.1 Å². The van der Waals surface area contributed by atoms with Crippen LogP contribution < -0.4 is 10.1 Å². The SMILES string of the molecule is O=C(COC(=O)c1ccccc1OCc1ccccc1)Nc1cccc(F)c1. The molecular weight excluding hydrogens is 361 g/mol. The summed E-state index contributed by atoms with van der Waals surface area (Å²) in [6.07, 6.45) is 0. The number of hydrogen-bond donors (Lipinski definition) is 1. The number of rotatable bonds is 7. The molecule has 0 spiro atoms. The number of anilines is 1. The second-order valence-electron chi connectivity index (χ2n) is 5.91. The average Bonchev–Trinajstić information content (AvgIpc) is 2.71. The van der Waals surface area contributed by atoms with Gasteiger partial charge in [0, 0.05) is 5.69 Å². The number of esters is 1. The number of amides is 1. The lowest BCUT2D eigenvalue weighted by Gasteiger charge is -2.11. The fourth-order valence-corrected chi connectivity index (χ4v) is 2.47. The van der Waals surface area contributed by atoms with Gasteiger partial charge in [0.2, 0.25) is 0 Å². The van der Waals surface area contributed by atoms with Gasteiger partial charge in [-0.1, -0.05) is 48.5 Å². The molecule has 6 heteroatoms. The quantitative estimate of drug-likeness (QED) is 0.625. The molecule has 0 saturated carbocycles. The molecule has 5 nitrogen and oxygen atoms in total. The van der Waals surface area contributed by atoms with Crippen LogP contribution in [0.2, 0.25) is 0 Å². The summed E-state index contributed by atoms with van der Waals surface area (Å²) in [5.41, 5.74) is 1.46. The van der Waals surface area contributed by atoms with Crippen molar-refractivity contribution in [1.29, 1.82) is 0 Å². The van der Waals surface area contributed by atoms with Crippen molar-refractivity contribution in [3.63, 3.8) is 0 Å². The highest BCUT2D eigenvalue weighted by Crippen LogP contribution is 2.20. The summed E-state index contributed by atoms with van der Waals surface area (Å²) in [7, 11) is 0. The normalized spacial score (nSPS) is 10.2. The molecule has 0 heterocycles. The van der Waals surface area contributed by atoms with Crippen molar-refractivity contribution in [2.24, 2.45) is 0 Å². The Morgan fingerprint density at radius 1 is 0.893 bits per heavy atom. The van der Waals surface area contributed by atoms with Gasteiger partial charge in [-0.3, -0.25) is 4.79 Å². The number of nitrogens with one attached hydrogen (secondary N) is 1. The molecule has 0 aliphatic carbocycles. The summed E-state index contributed by atoms with van der Waals surface area (Å²) in [4.78, 5) is 24.3. The van der Waals surface area contributed by atoms with Crippen molar-refractivity contribution < 1.29 is 23.5 Å². The lowest BCUT2D eigenvalue weighted by molar-refractivity contribution is -0.119. The highest BCUT2D eigenvalue weighted by molar-refractivity contribution is 5.96. The maximum absolute atomic E-state index is 13.1. The van der Waals surface area contributed by atoms with E-state index in [0.29, 0.717) is 12.4 Å². The third-order valence-electron chi connectivity index (χ3n) is 3.79. The lowest BCUT2D eigenvalue weighted by Crippen LogP contribution is -2.21. The van der Waals surface area contributed by atoms with Crippen LogP contribution in [-0.4, -0.2) is 18.5 Å². The summed E-state index contributed by atoms with van der Waals surface area (Å²) in [5.74, 6) is -1.36. The van der Waals surface area contributed by atoms with E-state index in [1.807, 2.05) is 30.3 Å². The van der Waals surface area contributed by atoms with Crippen LogP contribution in [0.3, 0.4) is 0 Å². The number of para-hydroxylation sites is 1. The van der Waals surface area contributed by atoms with Gasteiger partial charge in [-0.15, -0.1) is 0 Å². The van der Waals surface area contributed by atoms with Crippen LogP contribution in [0.1, 0.15) is 15.9 Å². The van der Waals surface area contributed by atoms with Crippen LogP contribution in [0.25, 0.3) is 0 Å². The second-order valence-corrected chi connectivity index (χ2v) is 5.91. The first-order chi connectivity index (χ1) is 13.6. The molecule has 0 aliphatic rings. The minimum absolute atomic E-state index is 0.219. The number of benzene rings is 3. The zero-order valence-electron chi connectivity index (χ0n) is 14.9. The van der Waals surface area contributed by atoms with E-state index in [4.69, 9.17) is 9.47 Å². The van der Waals surface area contributed by atoms with Crippen LogP contribution in [0.4, 0.5) is 10.1 Å². The Morgan fingerprint density at radius 2 is 1.64 bits per heavy atom. The zero-order valence-corrected chi connectivity index (χ0v) is 14.9. The van der Waals surface area contributed by atoms with Gasteiger partial charge in [0.25, 0.3) is 5.91 Å². The molecule has 0 atom stereocenters. The van der Waals surface area contributed by atoms with E-state index >= 15 is 0 Å². The van der Waals surface area contributed by atoms with Crippen molar-refractivity contribution in [3.05, 3.63) is 95.8 Å². The standard InChI is InChI=1S/C22H18FNO4/c23-17-9-6-10-18(13-17)24-21(25)15-28-22(26)19-11-4-5-12-20(19)27-14-16-7-2-1-3-8-16/h1-13H,14-15H2,(H,24,25).